The molecule has 4 nitrogen and oxygen atoms in total. The van der Waals surface area contributed by atoms with Crippen molar-refractivity contribution >= 4 is 21.9 Å². The van der Waals surface area contributed by atoms with Crippen LogP contribution in [0.25, 0.3) is 0 Å². The van der Waals surface area contributed by atoms with Crippen LogP contribution in [-0.4, -0.2) is 24.9 Å². The molecule has 0 aliphatic heterocycles. The summed E-state index contributed by atoms with van der Waals surface area (Å²) in [5, 5.41) is 0. The van der Waals surface area contributed by atoms with Gasteiger partial charge in [0.25, 0.3) is 0 Å². The fourth-order valence-corrected chi connectivity index (χ4v) is 1.91. The van der Waals surface area contributed by atoms with Crippen LogP contribution in [-0.2, 0) is 9.53 Å². The Morgan fingerprint density at radius 2 is 1.91 bits per heavy atom. The number of rotatable bonds is 5. The van der Waals surface area contributed by atoms with Crippen molar-refractivity contribution in [1.82, 2.24) is 0 Å². The number of carbonyl (C=O) groups is 1. The standard InChI is InChI=1S/C12H11BrF5NO3/c1-2-21-10(20)11(14,15)9(19)7-5-6(13)3-4-8(7)22-12(16,17)18/h3-5,9H,2,19H2,1H3/t9-/m0/s1. The van der Waals surface area contributed by atoms with Crippen molar-refractivity contribution in [1.29, 1.82) is 0 Å². The van der Waals surface area contributed by atoms with E-state index in [0.717, 1.165) is 18.2 Å². The zero-order valence-electron chi connectivity index (χ0n) is 11.1. The quantitative estimate of drug-likeness (QED) is 0.615. The van der Waals surface area contributed by atoms with Crippen LogP contribution in [0.15, 0.2) is 22.7 Å². The van der Waals surface area contributed by atoms with Gasteiger partial charge in [-0.1, -0.05) is 15.9 Å². The molecule has 0 saturated carbocycles. The highest BCUT2D eigenvalue weighted by Crippen LogP contribution is 2.38. The highest BCUT2D eigenvalue weighted by atomic mass is 79.9. The van der Waals surface area contributed by atoms with Gasteiger partial charge in [-0.15, -0.1) is 13.2 Å². The second-order valence-electron chi connectivity index (χ2n) is 4.05. The predicted molar refractivity (Wildman–Crippen MR) is 69.3 cm³/mol. The van der Waals surface area contributed by atoms with E-state index in [-0.39, 0.29) is 11.1 Å². The molecule has 0 bridgehead atoms. The topological polar surface area (TPSA) is 61.5 Å². The Bertz CT molecular complexity index is 550. The number of esters is 1. The smallest absolute Gasteiger partial charge is 0.462 e. The van der Waals surface area contributed by atoms with Crippen molar-refractivity contribution in [2.75, 3.05) is 6.61 Å². The number of carbonyl (C=O) groups excluding carboxylic acids is 1. The number of halogens is 6. The van der Waals surface area contributed by atoms with Gasteiger partial charge in [0.1, 0.15) is 11.8 Å². The maximum absolute atomic E-state index is 13.9. The number of ether oxygens (including phenoxy) is 2. The lowest BCUT2D eigenvalue weighted by Gasteiger charge is -2.24. The molecule has 22 heavy (non-hydrogen) atoms. The first-order chi connectivity index (χ1) is 9.99. The van der Waals surface area contributed by atoms with Crippen molar-refractivity contribution in [3.8, 4) is 5.75 Å². The minimum Gasteiger partial charge on any atom is -0.462 e. The van der Waals surface area contributed by atoms with Crippen LogP contribution < -0.4 is 10.5 Å². The average Bonchev–Trinajstić information content (AvgIpc) is 2.38. The van der Waals surface area contributed by atoms with E-state index in [4.69, 9.17) is 5.73 Å². The van der Waals surface area contributed by atoms with E-state index >= 15 is 0 Å². The molecular weight excluding hydrogens is 381 g/mol. The zero-order chi connectivity index (χ0) is 17.1. The second kappa shape index (κ2) is 6.78. The van der Waals surface area contributed by atoms with E-state index in [1.54, 1.807) is 0 Å². The molecule has 10 heteroatoms. The third kappa shape index (κ3) is 4.54. The van der Waals surface area contributed by atoms with Gasteiger partial charge in [-0.25, -0.2) is 4.79 Å². The van der Waals surface area contributed by atoms with Crippen molar-refractivity contribution < 1.29 is 36.2 Å². The van der Waals surface area contributed by atoms with E-state index in [1.807, 2.05) is 0 Å². The van der Waals surface area contributed by atoms with Crippen LogP contribution >= 0.6 is 15.9 Å². The number of hydrogen-bond donors (Lipinski definition) is 1. The van der Waals surface area contributed by atoms with E-state index in [2.05, 4.69) is 25.4 Å². The summed E-state index contributed by atoms with van der Waals surface area (Å²) in [5.74, 6) is -7.08. The highest BCUT2D eigenvalue weighted by molar-refractivity contribution is 9.10. The number of alkyl halides is 5. The Morgan fingerprint density at radius 3 is 2.41 bits per heavy atom. The molecule has 0 fully saturated rings. The lowest BCUT2D eigenvalue weighted by molar-refractivity contribution is -0.275. The van der Waals surface area contributed by atoms with Crippen molar-refractivity contribution in [3.63, 3.8) is 0 Å². The molecule has 0 aliphatic carbocycles. The first kappa shape index (κ1) is 18.6. The third-order valence-electron chi connectivity index (χ3n) is 2.47. The van der Waals surface area contributed by atoms with E-state index in [0.29, 0.717) is 0 Å². The SMILES string of the molecule is CCOC(=O)C(F)(F)[C@@H](N)c1cc(Br)ccc1OC(F)(F)F. The fourth-order valence-electron chi connectivity index (χ4n) is 1.53. The zero-order valence-corrected chi connectivity index (χ0v) is 12.7. The van der Waals surface area contributed by atoms with Gasteiger partial charge in [0.15, 0.2) is 0 Å². The van der Waals surface area contributed by atoms with Crippen LogP contribution in [0.5, 0.6) is 5.75 Å². The van der Waals surface area contributed by atoms with Crippen LogP contribution in [0.4, 0.5) is 22.0 Å². The molecule has 1 aromatic rings. The van der Waals surface area contributed by atoms with E-state index in [1.165, 1.54) is 6.92 Å². The van der Waals surface area contributed by atoms with Gasteiger partial charge >= 0.3 is 18.3 Å². The Morgan fingerprint density at radius 1 is 1.32 bits per heavy atom. The summed E-state index contributed by atoms with van der Waals surface area (Å²) in [6, 6.07) is 0.508. The monoisotopic (exact) mass is 391 g/mol. The van der Waals surface area contributed by atoms with Crippen LogP contribution in [0, 0.1) is 0 Å². The van der Waals surface area contributed by atoms with Crippen molar-refractivity contribution in [3.05, 3.63) is 28.2 Å². The van der Waals surface area contributed by atoms with Crippen molar-refractivity contribution in [2.45, 2.75) is 25.3 Å². The molecule has 0 radical (unpaired) electrons. The molecule has 0 heterocycles. The van der Waals surface area contributed by atoms with Gasteiger partial charge in [0, 0.05) is 10.0 Å². The first-order valence-electron chi connectivity index (χ1n) is 5.84. The molecule has 0 unspecified atom stereocenters. The van der Waals surface area contributed by atoms with Crippen molar-refractivity contribution in [2.24, 2.45) is 5.73 Å². The second-order valence-corrected chi connectivity index (χ2v) is 4.97. The summed E-state index contributed by atoms with van der Waals surface area (Å²) in [5.41, 5.74) is 4.58. The normalized spacial score (nSPS) is 13.6. The van der Waals surface area contributed by atoms with Crippen LogP contribution in [0.2, 0.25) is 0 Å². The largest absolute Gasteiger partial charge is 0.573 e. The lowest BCUT2D eigenvalue weighted by Crippen LogP contribution is -2.42. The van der Waals surface area contributed by atoms with E-state index in [9.17, 15) is 26.7 Å². The van der Waals surface area contributed by atoms with E-state index < -0.39 is 35.6 Å². The summed E-state index contributed by atoms with van der Waals surface area (Å²) in [4.78, 5) is 11.2. The minimum atomic E-state index is -5.10. The molecule has 0 saturated heterocycles. The van der Waals surface area contributed by atoms with Gasteiger partial charge in [0.05, 0.1) is 6.61 Å². The van der Waals surface area contributed by atoms with Gasteiger partial charge < -0.3 is 15.2 Å². The molecule has 0 spiro atoms. The molecule has 1 atom stereocenters. The Hall–Kier alpha value is -1.42. The van der Waals surface area contributed by atoms with Gasteiger partial charge in [-0.2, -0.15) is 8.78 Å². The fraction of sp³-hybridized carbons (Fsp3) is 0.417. The summed E-state index contributed by atoms with van der Waals surface area (Å²) < 4.78 is 72.7. The summed E-state index contributed by atoms with van der Waals surface area (Å²) in [6.07, 6.45) is -5.10. The van der Waals surface area contributed by atoms with Crippen LogP contribution in [0.3, 0.4) is 0 Å². The Balaban J connectivity index is 3.23. The molecule has 0 amide bonds. The maximum atomic E-state index is 13.9. The Labute approximate surface area is 130 Å². The number of benzene rings is 1. The molecule has 1 rings (SSSR count). The summed E-state index contributed by atoms with van der Waals surface area (Å²) >= 11 is 2.93. The molecule has 0 aliphatic rings. The number of nitrogens with two attached hydrogens (primary N) is 1. The van der Waals surface area contributed by atoms with Gasteiger partial charge in [-0.05, 0) is 25.1 Å². The molecule has 124 valence electrons. The summed E-state index contributed by atoms with van der Waals surface area (Å²) in [6.45, 7) is 0.975. The minimum absolute atomic E-state index is 0.187. The van der Waals surface area contributed by atoms with Gasteiger partial charge in [-0.3, -0.25) is 0 Å². The molecule has 0 aromatic heterocycles. The van der Waals surface area contributed by atoms with Gasteiger partial charge in [0.2, 0.25) is 0 Å². The predicted octanol–water partition coefficient (Wildman–Crippen LogP) is 3.55. The van der Waals surface area contributed by atoms with Crippen LogP contribution in [0.1, 0.15) is 18.5 Å². The Kier molecular flexibility index (Phi) is 5.74. The first-order valence-corrected chi connectivity index (χ1v) is 6.64. The molecule has 1 aromatic carbocycles. The summed E-state index contributed by atoms with van der Waals surface area (Å²) in [7, 11) is 0. The molecule has 2 N–H and O–H groups in total. The maximum Gasteiger partial charge on any atom is 0.573 e. The number of hydrogen-bond acceptors (Lipinski definition) is 4. The third-order valence-corrected chi connectivity index (χ3v) is 2.96. The lowest BCUT2D eigenvalue weighted by atomic mass is 10.0. The average molecular weight is 392 g/mol. The highest BCUT2D eigenvalue weighted by Gasteiger charge is 2.49. The molecular formula is C12H11BrF5NO3.